The van der Waals surface area contributed by atoms with E-state index in [0.29, 0.717) is 24.2 Å². The number of aromatic nitrogens is 4. The maximum Gasteiger partial charge on any atom is 0.329 e. The Morgan fingerprint density at radius 3 is 1.18 bits per heavy atom. The van der Waals surface area contributed by atoms with Crippen LogP contribution in [-0.2, 0) is 34.5 Å². The number of hydrogen-bond acceptors (Lipinski definition) is 5. The van der Waals surface area contributed by atoms with Crippen molar-refractivity contribution in [2.75, 3.05) is 0 Å². The molecule has 4 N–H and O–H groups in total. The summed E-state index contributed by atoms with van der Waals surface area (Å²) in [5.41, 5.74) is 8.96. The lowest BCUT2D eigenvalue weighted by molar-refractivity contribution is -0.688. The Bertz CT molecular complexity index is 1890. The Hall–Kier alpha value is -3.92. The van der Waals surface area contributed by atoms with Gasteiger partial charge in [0.1, 0.15) is 11.0 Å². The average Bonchev–Trinajstić information content (AvgIpc) is 3.49. The summed E-state index contributed by atoms with van der Waals surface area (Å²) in [5.74, 6) is 0. The summed E-state index contributed by atoms with van der Waals surface area (Å²) in [4.78, 5) is 36.8. The minimum Gasteiger partial charge on any atom is -0.324 e. The maximum atomic E-state index is 11.3. The first-order valence-electron chi connectivity index (χ1n) is 14.0. The quantitative estimate of drug-likeness (QED) is 0.118. The zero-order valence-corrected chi connectivity index (χ0v) is 26.5. The number of fused-ring (bicyclic) bond motifs is 1. The van der Waals surface area contributed by atoms with Crippen molar-refractivity contribution in [2.45, 2.75) is 25.4 Å². The van der Waals surface area contributed by atoms with Crippen LogP contribution in [-0.4, -0.2) is 28.3 Å². The Morgan fingerprint density at radius 2 is 0.844 bits per heavy atom. The van der Waals surface area contributed by atoms with Gasteiger partial charge in [0.05, 0.1) is 24.1 Å². The molecule has 0 atom stereocenters. The fourth-order valence-electron chi connectivity index (χ4n) is 5.21. The van der Waals surface area contributed by atoms with Crippen molar-refractivity contribution < 1.29 is 37.8 Å². The Labute approximate surface area is 263 Å². The minimum absolute atomic E-state index is 0.263. The van der Waals surface area contributed by atoms with E-state index in [4.69, 9.17) is 0 Å². The van der Waals surface area contributed by atoms with E-state index in [0.717, 1.165) is 44.4 Å². The van der Waals surface area contributed by atoms with Crippen LogP contribution in [0.25, 0.3) is 33.3 Å². The van der Waals surface area contributed by atoms with Gasteiger partial charge in [-0.3, -0.25) is 9.13 Å². The highest BCUT2D eigenvalue weighted by molar-refractivity contribution is 7.51. The normalized spacial score (nSPS) is 12.1. The molecule has 13 heteroatoms. The van der Waals surface area contributed by atoms with E-state index < -0.39 is 15.2 Å². The predicted octanol–water partition coefficient (Wildman–Crippen LogP) is 5.05. The van der Waals surface area contributed by atoms with Crippen molar-refractivity contribution in [2.24, 2.45) is 0 Å². The number of pyridine rings is 2. The molecule has 3 aromatic carbocycles. The summed E-state index contributed by atoms with van der Waals surface area (Å²) in [6, 6.07) is 26.8. The Kier molecular flexibility index (Phi) is 8.86. The molecule has 0 aliphatic heterocycles. The molecule has 3 heterocycles. The largest absolute Gasteiger partial charge is 0.329 e. The second kappa shape index (κ2) is 12.8. The lowest BCUT2D eigenvalue weighted by Crippen LogP contribution is -2.33. The van der Waals surface area contributed by atoms with Gasteiger partial charge < -0.3 is 19.6 Å². The molecule has 0 amide bonds. The van der Waals surface area contributed by atoms with Crippen LogP contribution in [0.15, 0.2) is 110 Å². The first kappa shape index (κ1) is 31.1. The fraction of sp³-hybridized carbons (Fsp3) is 0.125. The molecule has 0 saturated carbocycles. The zero-order chi connectivity index (χ0) is 31.6. The van der Waals surface area contributed by atoms with Crippen LogP contribution < -0.4 is 9.13 Å². The standard InChI is InChI=1S/C32H28N4O6P2S/c37-43(38,39)21-25-5-1-23(2-6-25)19-35-15-11-27(12-16-35)29-9-10-30(32-31(29)33-45-34-32)28-13-17-36(18-14-28)20-24-3-7-26(8-4-24)22-44(40,41)42/h1-18H,19-22H2,(H2-2,37,38,39,40,41,42)/p+2. The van der Waals surface area contributed by atoms with Crippen molar-refractivity contribution in [1.29, 1.82) is 0 Å². The molecule has 0 bridgehead atoms. The Balaban J connectivity index is 1.15. The summed E-state index contributed by atoms with van der Waals surface area (Å²) in [5, 5.41) is 0. The highest BCUT2D eigenvalue weighted by Gasteiger charge is 2.17. The van der Waals surface area contributed by atoms with Gasteiger partial charge in [0, 0.05) is 46.5 Å². The smallest absolute Gasteiger partial charge is 0.324 e. The summed E-state index contributed by atoms with van der Waals surface area (Å²) >= 11 is 1.18. The van der Waals surface area contributed by atoms with Gasteiger partial charge in [-0.05, 0) is 22.3 Å². The van der Waals surface area contributed by atoms with Crippen molar-refractivity contribution in [1.82, 2.24) is 8.75 Å². The van der Waals surface area contributed by atoms with Gasteiger partial charge >= 0.3 is 15.2 Å². The van der Waals surface area contributed by atoms with Gasteiger partial charge in [0.2, 0.25) is 0 Å². The van der Waals surface area contributed by atoms with Gasteiger partial charge in [-0.1, -0.05) is 60.7 Å². The lowest BCUT2D eigenvalue weighted by Gasteiger charge is -2.07. The molecular formula is C32H30N4O6P2S+2. The molecule has 0 aliphatic rings. The van der Waals surface area contributed by atoms with Crippen molar-refractivity contribution in [3.63, 3.8) is 0 Å². The van der Waals surface area contributed by atoms with Crippen LogP contribution in [0.3, 0.4) is 0 Å². The van der Waals surface area contributed by atoms with Crippen molar-refractivity contribution in [3.05, 3.63) is 132 Å². The number of rotatable bonds is 10. The van der Waals surface area contributed by atoms with E-state index in [1.165, 1.54) is 11.7 Å². The maximum absolute atomic E-state index is 11.3. The molecule has 0 saturated heterocycles. The Morgan fingerprint density at radius 1 is 0.511 bits per heavy atom. The molecule has 6 rings (SSSR count). The molecule has 45 heavy (non-hydrogen) atoms. The minimum atomic E-state index is -4.09. The predicted molar refractivity (Wildman–Crippen MR) is 171 cm³/mol. The van der Waals surface area contributed by atoms with E-state index in [9.17, 15) is 28.7 Å². The van der Waals surface area contributed by atoms with E-state index in [2.05, 4.69) is 20.9 Å². The zero-order valence-electron chi connectivity index (χ0n) is 23.9. The van der Waals surface area contributed by atoms with Crippen LogP contribution >= 0.6 is 26.9 Å². The van der Waals surface area contributed by atoms with E-state index in [1.807, 2.05) is 82.5 Å². The molecule has 0 spiro atoms. The van der Waals surface area contributed by atoms with E-state index in [1.54, 1.807) is 24.3 Å². The SMILES string of the molecule is O=P(O)(O)Cc1ccc(C[n+]2ccc(-c3ccc(-c4cc[n+](Cc5ccc(CP(=O)(O)O)cc5)cc4)c4nsnc34)cc2)cc1. The molecule has 0 radical (unpaired) electrons. The third kappa shape index (κ3) is 8.03. The average molecular weight is 661 g/mol. The van der Waals surface area contributed by atoms with E-state index >= 15 is 0 Å². The van der Waals surface area contributed by atoms with Gasteiger partial charge in [-0.2, -0.15) is 8.75 Å². The van der Waals surface area contributed by atoms with Crippen LogP contribution in [0, 0.1) is 0 Å². The van der Waals surface area contributed by atoms with Gasteiger partial charge in [-0.15, -0.1) is 0 Å². The highest BCUT2D eigenvalue weighted by atomic mass is 32.1. The molecule has 0 unspecified atom stereocenters. The van der Waals surface area contributed by atoms with Gasteiger partial charge in [-0.25, -0.2) is 9.13 Å². The fourth-order valence-corrected chi connectivity index (χ4v) is 7.16. The molecule has 3 aromatic heterocycles. The van der Waals surface area contributed by atoms with Crippen molar-refractivity contribution >= 4 is 38.0 Å². The molecule has 6 aromatic rings. The number of benzene rings is 3. The molecule has 10 nitrogen and oxygen atoms in total. The van der Waals surface area contributed by atoms with Gasteiger partial charge in [0.15, 0.2) is 37.9 Å². The molecule has 0 aliphatic carbocycles. The van der Waals surface area contributed by atoms with Crippen LogP contribution in [0.4, 0.5) is 0 Å². The summed E-state index contributed by atoms with van der Waals surface area (Å²) < 4.78 is 35.8. The summed E-state index contributed by atoms with van der Waals surface area (Å²) in [6.07, 6.45) is 7.47. The molecule has 228 valence electrons. The second-order valence-corrected chi connectivity index (χ2v) is 14.7. The third-order valence-electron chi connectivity index (χ3n) is 7.37. The summed E-state index contributed by atoms with van der Waals surface area (Å²) in [6.45, 7) is 1.25. The lowest BCUT2D eigenvalue weighted by atomic mass is 9.99. The molecular weight excluding hydrogens is 630 g/mol. The number of hydrogen-bond donors (Lipinski definition) is 4. The highest BCUT2D eigenvalue weighted by Crippen LogP contribution is 2.40. The van der Waals surface area contributed by atoms with Crippen LogP contribution in [0.2, 0.25) is 0 Å². The monoisotopic (exact) mass is 660 g/mol. The number of nitrogens with zero attached hydrogens (tertiary/aromatic N) is 4. The third-order valence-corrected chi connectivity index (χ3v) is 9.46. The van der Waals surface area contributed by atoms with Crippen LogP contribution in [0.5, 0.6) is 0 Å². The van der Waals surface area contributed by atoms with Crippen LogP contribution in [0.1, 0.15) is 22.3 Å². The summed E-state index contributed by atoms with van der Waals surface area (Å²) in [7, 11) is -8.18. The van der Waals surface area contributed by atoms with Crippen molar-refractivity contribution in [3.8, 4) is 22.3 Å². The first-order chi connectivity index (χ1) is 21.5. The van der Waals surface area contributed by atoms with E-state index in [-0.39, 0.29) is 12.3 Å². The molecule has 0 fully saturated rings. The first-order valence-corrected chi connectivity index (χ1v) is 18.3. The topological polar surface area (TPSA) is 149 Å². The van der Waals surface area contributed by atoms with Gasteiger partial charge in [0.25, 0.3) is 0 Å². The second-order valence-electron chi connectivity index (χ2n) is 10.9.